The third-order valence-corrected chi connectivity index (χ3v) is 4.91. The Hall–Kier alpha value is -4.53. The number of amides is 1. The summed E-state index contributed by atoms with van der Waals surface area (Å²) in [7, 11) is 0. The van der Waals surface area contributed by atoms with Gasteiger partial charge in [0, 0.05) is 23.4 Å². The molecule has 0 fully saturated rings. The van der Waals surface area contributed by atoms with Crippen LogP contribution in [-0.2, 0) is 14.3 Å². The molecule has 0 spiro atoms. The van der Waals surface area contributed by atoms with E-state index in [1.165, 1.54) is 17.0 Å². The Kier molecular flexibility index (Phi) is 6.92. The molecule has 0 aliphatic heterocycles. The van der Waals surface area contributed by atoms with Gasteiger partial charge in [0.1, 0.15) is 5.76 Å². The highest BCUT2D eigenvalue weighted by molar-refractivity contribution is 6.16. The third-order valence-electron chi connectivity index (χ3n) is 4.91. The maximum atomic E-state index is 13.2. The van der Waals surface area contributed by atoms with Crippen LogP contribution < -0.4 is 4.90 Å². The highest BCUT2D eigenvalue weighted by atomic mass is 16.5. The number of anilines is 1. The van der Waals surface area contributed by atoms with Gasteiger partial charge in [0.05, 0.1) is 6.26 Å². The molecule has 4 rings (SSSR count). The summed E-state index contributed by atoms with van der Waals surface area (Å²) in [5.74, 6) is -0.381. The molecule has 0 N–H and O–H groups in total. The number of carbonyl (C=O) groups excluding carboxylic acids is 2. The van der Waals surface area contributed by atoms with Crippen molar-refractivity contribution >= 4 is 29.3 Å². The minimum absolute atomic E-state index is 0.00223. The molecule has 1 amide bonds. The van der Waals surface area contributed by atoms with E-state index < -0.39 is 12.6 Å². The molecule has 0 aliphatic rings. The summed E-state index contributed by atoms with van der Waals surface area (Å²) in [6.07, 6.45) is 2.95. The van der Waals surface area contributed by atoms with Crippen molar-refractivity contribution in [1.29, 1.82) is 0 Å². The summed E-state index contributed by atoms with van der Waals surface area (Å²) in [4.78, 5) is 27.7. The van der Waals surface area contributed by atoms with Gasteiger partial charge in [-0.1, -0.05) is 48.5 Å². The molecule has 2 heterocycles. The van der Waals surface area contributed by atoms with Crippen molar-refractivity contribution in [1.82, 2.24) is 20.2 Å². The van der Waals surface area contributed by atoms with Crippen LogP contribution >= 0.6 is 0 Å². The van der Waals surface area contributed by atoms with Gasteiger partial charge in [0.25, 0.3) is 5.91 Å². The minimum Gasteiger partial charge on any atom is -0.465 e. The number of aromatic nitrogens is 4. The van der Waals surface area contributed by atoms with E-state index in [1.54, 1.807) is 17.0 Å². The van der Waals surface area contributed by atoms with E-state index >= 15 is 0 Å². The fourth-order valence-corrected chi connectivity index (χ4v) is 3.42. The van der Waals surface area contributed by atoms with Crippen molar-refractivity contribution in [3.63, 3.8) is 0 Å². The average molecular weight is 457 g/mol. The Morgan fingerprint density at radius 1 is 1.03 bits per heavy atom. The van der Waals surface area contributed by atoms with Crippen molar-refractivity contribution in [3.05, 3.63) is 84.8 Å². The van der Waals surface area contributed by atoms with Crippen LogP contribution in [0.2, 0.25) is 0 Å². The lowest BCUT2D eigenvalue weighted by Crippen LogP contribution is -2.40. The molecule has 0 saturated carbocycles. The number of ether oxygens (including phenoxy) is 1. The van der Waals surface area contributed by atoms with Crippen molar-refractivity contribution in [2.45, 2.75) is 19.9 Å². The van der Waals surface area contributed by atoms with Gasteiger partial charge in [0.2, 0.25) is 0 Å². The van der Waals surface area contributed by atoms with Gasteiger partial charge in [-0.25, -0.2) is 4.79 Å². The van der Waals surface area contributed by atoms with Crippen LogP contribution in [0, 0.1) is 0 Å². The number of benzene rings is 2. The average Bonchev–Trinajstić information content (AvgIpc) is 3.54. The summed E-state index contributed by atoms with van der Waals surface area (Å²) in [6, 6.07) is 21.6. The molecule has 172 valence electrons. The molecule has 0 aliphatic carbocycles. The highest BCUT2D eigenvalue weighted by Gasteiger charge is 2.24. The minimum atomic E-state index is -0.772. The first kappa shape index (κ1) is 22.7. The van der Waals surface area contributed by atoms with Crippen molar-refractivity contribution in [2.24, 2.45) is 0 Å². The van der Waals surface area contributed by atoms with Crippen LogP contribution in [0.3, 0.4) is 0 Å². The van der Waals surface area contributed by atoms with Crippen LogP contribution in [-0.4, -0.2) is 44.7 Å². The molecule has 2 aromatic heterocycles. The van der Waals surface area contributed by atoms with Crippen molar-refractivity contribution < 1.29 is 18.7 Å². The summed E-state index contributed by atoms with van der Waals surface area (Å²) in [5.41, 5.74) is 1.43. The number of hydrogen-bond donors (Lipinski definition) is 0. The van der Waals surface area contributed by atoms with Gasteiger partial charge >= 0.3 is 5.97 Å². The fraction of sp³-hybridized carbons (Fsp3) is 0.160. The molecular formula is C25H23N5O4. The molecule has 2 aromatic carbocycles. The Morgan fingerprint density at radius 3 is 2.38 bits per heavy atom. The summed E-state index contributed by atoms with van der Waals surface area (Å²) >= 11 is 0. The molecule has 4 aromatic rings. The lowest BCUT2D eigenvalue weighted by Gasteiger charge is -2.26. The van der Waals surface area contributed by atoms with Gasteiger partial charge in [-0.2, -0.15) is 4.68 Å². The second-order valence-electron chi connectivity index (χ2n) is 7.59. The zero-order valence-corrected chi connectivity index (χ0v) is 18.7. The number of esters is 1. The third kappa shape index (κ3) is 5.09. The second kappa shape index (κ2) is 10.4. The standard InChI is InChI=1S/C25H23N5O4/c1-18(2)29(20-12-7-4-8-13-20)23(31)17-34-25(32)22(16-21-14-9-15-33-21)30-24(26-27-28-30)19-10-5-3-6-11-19/h3-16,18H,17H2,1-2H3/b22-16-. The maximum absolute atomic E-state index is 13.2. The van der Waals surface area contributed by atoms with Gasteiger partial charge in [-0.15, -0.1) is 5.10 Å². The summed E-state index contributed by atoms with van der Waals surface area (Å²) in [6.45, 7) is 3.33. The molecule has 9 nitrogen and oxygen atoms in total. The van der Waals surface area contributed by atoms with Gasteiger partial charge in [0.15, 0.2) is 18.1 Å². The van der Waals surface area contributed by atoms with Crippen LogP contribution in [0.1, 0.15) is 19.6 Å². The first-order chi connectivity index (χ1) is 16.5. The number of furan rings is 1. The topological polar surface area (TPSA) is 103 Å². The lowest BCUT2D eigenvalue weighted by atomic mass is 10.2. The van der Waals surface area contributed by atoms with Gasteiger partial charge in [-0.3, -0.25) is 4.79 Å². The molecule has 0 radical (unpaired) electrons. The van der Waals surface area contributed by atoms with E-state index in [2.05, 4.69) is 15.5 Å². The summed E-state index contributed by atoms with van der Waals surface area (Å²) in [5, 5.41) is 11.8. The Morgan fingerprint density at radius 2 is 1.74 bits per heavy atom. The zero-order valence-electron chi connectivity index (χ0n) is 18.7. The smallest absolute Gasteiger partial charge is 0.357 e. The molecule has 34 heavy (non-hydrogen) atoms. The number of nitrogens with zero attached hydrogens (tertiary/aromatic N) is 5. The number of tetrazole rings is 1. The predicted molar refractivity (Wildman–Crippen MR) is 126 cm³/mol. The molecule has 0 unspecified atom stereocenters. The molecule has 0 atom stereocenters. The summed E-state index contributed by atoms with van der Waals surface area (Å²) < 4.78 is 12.1. The molecule has 9 heteroatoms. The molecule has 0 bridgehead atoms. The van der Waals surface area contributed by atoms with E-state index in [9.17, 15) is 9.59 Å². The maximum Gasteiger partial charge on any atom is 0.357 e. The highest BCUT2D eigenvalue weighted by Crippen LogP contribution is 2.22. The number of hydrogen-bond acceptors (Lipinski definition) is 7. The van der Waals surface area contributed by atoms with Crippen LogP contribution in [0.5, 0.6) is 0 Å². The van der Waals surface area contributed by atoms with E-state index in [0.717, 1.165) is 5.69 Å². The molecular weight excluding hydrogens is 434 g/mol. The zero-order chi connectivity index (χ0) is 23.9. The lowest BCUT2D eigenvalue weighted by molar-refractivity contribution is -0.142. The largest absolute Gasteiger partial charge is 0.465 e. The Bertz CT molecular complexity index is 1270. The SMILES string of the molecule is CC(C)N(C(=O)COC(=O)/C(=C/c1ccco1)n1nnnc1-c1ccccc1)c1ccccc1. The van der Waals surface area contributed by atoms with Crippen LogP contribution in [0.25, 0.3) is 23.2 Å². The van der Waals surface area contributed by atoms with Crippen LogP contribution in [0.15, 0.2) is 83.5 Å². The van der Waals surface area contributed by atoms with Gasteiger partial charge in [-0.05, 0) is 48.5 Å². The predicted octanol–water partition coefficient (Wildman–Crippen LogP) is 3.92. The normalized spacial score (nSPS) is 11.4. The first-order valence-electron chi connectivity index (χ1n) is 10.7. The fourth-order valence-electron chi connectivity index (χ4n) is 3.42. The quantitative estimate of drug-likeness (QED) is 0.292. The number of para-hydroxylation sites is 1. The monoisotopic (exact) mass is 457 g/mol. The second-order valence-corrected chi connectivity index (χ2v) is 7.59. The van der Waals surface area contributed by atoms with Crippen LogP contribution in [0.4, 0.5) is 5.69 Å². The number of rotatable bonds is 8. The molecule has 0 saturated heterocycles. The van der Waals surface area contributed by atoms with E-state index in [1.807, 2.05) is 74.5 Å². The number of carbonyl (C=O) groups is 2. The van der Waals surface area contributed by atoms with Gasteiger partial charge < -0.3 is 14.1 Å². The van der Waals surface area contributed by atoms with Crippen molar-refractivity contribution in [2.75, 3.05) is 11.5 Å². The van der Waals surface area contributed by atoms with E-state index in [4.69, 9.17) is 9.15 Å². The van der Waals surface area contributed by atoms with Crippen molar-refractivity contribution in [3.8, 4) is 11.4 Å². The Balaban J connectivity index is 1.60. The first-order valence-corrected chi connectivity index (χ1v) is 10.7. The van der Waals surface area contributed by atoms with E-state index in [0.29, 0.717) is 17.1 Å². The Labute approximate surface area is 196 Å². The van der Waals surface area contributed by atoms with E-state index in [-0.39, 0.29) is 17.6 Å².